The van der Waals surface area contributed by atoms with Gasteiger partial charge in [0.1, 0.15) is 19.0 Å². The van der Waals surface area contributed by atoms with E-state index in [-0.39, 0.29) is 5.78 Å². The molecule has 0 atom stereocenters. The highest BCUT2D eigenvalue weighted by molar-refractivity contribution is 5.94. The molecule has 0 saturated carbocycles. The Balaban J connectivity index is 1.80. The second-order valence-corrected chi connectivity index (χ2v) is 4.43. The van der Waals surface area contributed by atoms with Gasteiger partial charge < -0.3 is 14.2 Å². The zero-order valence-electron chi connectivity index (χ0n) is 12.2. The monoisotopic (exact) mass is 286 g/mol. The Morgan fingerprint density at radius 1 is 0.905 bits per heavy atom. The summed E-state index contributed by atoms with van der Waals surface area (Å²) in [6.45, 7) is 2.36. The van der Waals surface area contributed by atoms with E-state index in [9.17, 15) is 4.79 Å². The highest BCUT2D eigenvalue weighted by atomic mass is 16.5. The molecule has 0 heterocycles. The van der Waals surface area contributed by atoms with Crippen LogP contribution in [0.5, 0.6) is 17.2 Å². The summed E-state index contributed by atoms with van der Waals surface area (Å²) in [5.74, 6) is 2.14. The highest BCUT2D eigenvalue weighted by Crippen LogP contribution is 2.25. The van der Waals surface area contributed by atoms with E-state index in [1.165, 1.54) is 6.92 Å². The van der Waals surface area contributed by atoms with E-state index in [0.29, 0.717) is 36.0 Å². The number of methoxy groups -OCH3 is 1. The Kier molecular flexibility index (Phi) is 5.21. The van der Waals surface area contributed by atoms with Gasteiger partial charge in [-0.15, -0.1) is 0 Å². The zero-order chi connectivity index (χ0) is 15.1. The summed E-state index contributed by atoms with van der Waals surface area (Å²) in [5.41, 5.74) is 0.674. The molecule has 0 aliphatic carbocycles. The van der Waals surface area contributed by atoms with Crippen LogP contribution in [0.3, 0.4) is 0 Å². The third kappa shape index (κ3) is 4.24. The molecule has 4 heteroatoms. The molecule has 2 aromatic rings. The average molecular weight is 286 g/mol. The quantitative estimate of drug-likeness (QED) is 0.578. The molecular weight excluding hydrogens is 268 g/mol. The largest absolute Gasteiger partial charge is 0.493 e. The molecule has 0 saturated heterocycles. The summed E-state index contributed by atoms with van der Waals surface area (Å²) < 4.78 is 16.4. The van der Waals surface area contributed by atoms with Gasteiger partial charge in [-0.05, 0) is 43.3 Å². The molecular formula is C17H18O4. The lowest BCUT2D eigenvalue weighted by Crippen LogP contribution is -2.09. The topological polar surface area (TPSA) is 44.8 Å². The molecule has 2 rings (SSSR count). The minimum Gasteiger partial charge on any atom is -0.493 e. The highest BCUT2D eigenvalue weighted by Gasteiger charge is 2.03. The second-order valence-electron chi connectivity index (χ2n) is 4.43. The molecule has 0 spiro atoms. The normalized spacial score (nSPS) is 10.0. The summed E-state index contributed by atoms with van der Waals surface area (Å²) in [6, 6.07) is 14.5. The molecule has 0 N–H and O–H groups in total. The number of benzene rings is 2. The lowest BCUT2D eigenvalue weighted by atomic mass is 10.1. The average Bonchev–Trinajstić information content (AvgIpc) is 2.52. The van der Waals surface area contributed by atoms with Crippen LogP contribution >= 0.6 is 0 Å². The maximum Gasteiger partial charge on any atom is 0.161 e. The van der Waals surface area contributed by atoms with Gasteiger partial charge in [0.25, 0.3) is 0 Å². The smallest absolute Gasteiger partial charge is 0.161 e. The van der Waals surface area contributed by atoms with Gasteiger partial charge in [0.15, 0.2) is 17.3 Å². The van der Waals surface area contributed by atoms with Crippen molar-refractivity contribution in [1.82, 2.24) is 0 Å². The first-order chi connectivity index (χ1) is 10.2. The van der Waals surface area contributed by atoms with E-state index >= 15 is 0 Å². The van der Waals surface area contributed by atoms with Gasteiger partial charge >= 0.3 is 0 Å². The minimum atomic E-state index is 0.0426. The number of para-hydroxylation sites is 2. The van der Waals surface area contributed by atoms with Gasteiger partial charge in [0.05, 0.1) is 7.11 Å². The Morgan fingerprint density at radius 3 is 2.14 bits per heavy atom. The van der Waals surface area contributed by atoms with Crippen molar-refractivity contribution in [3.63, 3.8) is 0 Å². The summed E-state index contributed by atoms with van der Waals surface area (Å²) >= 11 is 0. The second kappa shape index (κ2) is 7.33. The molecule has 0 fully saturated rings. The Morgan fingerprint density at radius 2 is 1.52 bits per heavy atom. The fourth-order valence-corrected chi connectivity index (χ4v) is 1.84. The first-order valence-corrected chi connectivity index (χ1v) is 6.70. The summed E-state index contributed by atoms with van der Waals surface area (Å²) in [5, 5.41) is 0. The predicted molar refractivity (Wildman–Crippen MR) is 80.4 cm³/mol. The number of Topliss-reactive ketones (excluding diaryl/α,β-unsaturated/α-hetero) is 1. The van der Waals surface area contributed by atoms with Crippen LogP contribution in [0.2, 0.25) is 0 Å². The fourth-order valence-electron chi connectivity index (χ4n) is 1.84. The zero-order valence-corrected chi connectivity index (χ0v) is 12.2. The summed E-state index contributed by atoms with van der Waals surface area (Å²) in [4.78, 5) is 11.2. The molecule has 0 aliphatic rings. The van der Waals surface area contributed by atoms with Crippen molar-refractivity contribution < 1.29 is 19.0 Å². The van der Waals surface area contributed by atoms with Gasteiger partial charge in [0, 0.05) is 5.56 Å². The molecule has 0 radical (unpaired) electrons. The summed E-state index contributed by atoms with van der Waals surface area (Å²) in [6.07, 6.45) is 0. The van der Waals surface area contributed by atoms with Crippen molar-refractivity contribution in [2.75, 3.05) is 20.3 Å². The van der Waals surface area contributed by atoms with Crippen LogP contribution in [0.4, 0.5) is 0 Å². The Bertz CT molecular complexity index is 590. The van der Waals surface area contributed by atoms with Crippen LogP contribution in [-0.2, 0) is 0 Å². The lowest BCUT2D eigenvalue weighted by Gasteiger charge is -2.11. The van der Waals surface area contributed by atoms with Crippen LogP contribution < -0.4 is 14.2 Å². The van der Waals surface area contributed by atoms with Gasteiger partial charge in [0.2, 0.25) is 0 Å². The predicted octanol–water partition coefficient (Wildman–Crippen LogP) is 3.36. The fraction of sp³-hybridized carbons (Fsp3) is 0.235. The van der Waals surface area contributed by atoms with Crippen molar-refractivity contribution in [2.24, 2.45) is 0 Å². The number of hydrogen-bond acceptors (Lipinski definition) is 4. The van der Waals surface area contributed by atoms with Crippen molar-refractivity contribution in [2.45, 2.75) is 6.92 Å². The summed E-state index contributed by atoms with van der Waals surface area (Å²) in [7, 11) is 1.61. The minimum absolute atomic E-state index is 0.0426. The maximum atomic E-state index is 11.2. The molecule has 0 bridgehead atoms. The van der Waals surface area contributed by atoms with Crippen LogP contribution in [0.1, 0.15) is 17.3 Å². The third-order valence-electron chi connectivity index (χ3n) is 2.94. The number of rotatable bonds is 7. The SMILES string of the molecule is COc1ccccc1OCCOc1ccc(C(C)=O)cc1. The number of ether oxygens (including phenoxy) is 3. The van der Waals surface area contributed by atoms with Gasteiger partial charge in [-0.25, -0.2) is 0 Å². The number of ketones is 1. The van der Waals surface area contributed by atoms with E-state index < -0.39 is 0 Å². The van der Waals surface area contributed by atoms with Gasteiger partial charge in [-0.3, -0.25) is 4.79 Å². The Hall–Kier alpha value is -2.49. The standard InChI is InChI=1S/C17H18O4/c1-13(18)14-7-9-15(10-8-14)20-11-12-21-17-6-4-3-5-16(17)19-2/h3-10H,11-12H2,1-2H3. The van der Waals surface area contributed by atoms with Gasteiger partial charge in [-0.1, -0.05) is 12.1 Å². The van der Waals surface area contributed by atoms with Gasteiger partial charge in [-0.2, -0.15) is 0 Å². The van der Waals surface area contributed by atoms with Crippen LogP contribution in [0, 0.1) is 0 Å². The van der Waals surface area contributed by atoms with E-state index in [2.05, 4.69) is 0 Å². The molecule has 4 nitrogen and oxygen atoms in total. The molecule has 0 unspecified atom stereocenters. The van der Waals surface area contributed by atoms with E-state index in [1.807, 2.05) is 24.3 Å². The van der Waals surface area contributed by atoms with E-state index in [4.69, 9.17) is 14.2 Å². The van der Waals surface area contributed by atoms with Crippen molar-refractivity contribution in [3.8, 4) is 17.2 Å². The van der Waals surface area contributed by atoms with Crippen molar-refractivity contribution in [3.05, 3.63) is 54.1 Å². The van der Waals surface area contributed by atoms with Crippen LogP contribution in [0.25, 0.3) is 0 Å². The molecule has 0 aliphatic heterocycles. The Labute approximate surface area is 124 Å². The first kappa shape index (κ1) is 14.9. The molecule has 21 heavy (non-hydrogen) atoms. The molecule has 0 amide bonds. The third-order valence-corrected chi connectivity index (χ3v) is 2.94. The van der Waals surface area contributed by atoms with Crippen molar-refractivity contribution in [1.29, 1.82) is 0 Å². The first-order valence-electron chi connectivity index (χ1n) is 6.70. The molecule has 2 aromatic carbocycles. The van der Waals surface area contributed by atoms with Crippen molar-refractivity contribution >= 4 is 5.78 Å². The number of carbonyl (C=O) groups excluding carboxylic acids is 1. The maximum absolute atomic E-state index is 11.2. The lowest BCUT2D eigenvalue weighted by molar-refractivity contribution is 0.101. The van der Waals surface area contributed by atoms with E-state index in [1.54, 1.807) is 31.4 Å². The van der Waals surface area contributed by atoms with E-state index in [0.717, 1.165) is 0 Å². The number of carbonyl (C=O) groups is 1. The molecule has 0 aromatic heterocycles. The molecule has 110 valence electrons. The number of hydrogen-bond donors (Lipinski definition) is 0. The van der Waals surface area contributed by atoms with Crippen LogP contribution in [0.15, 0.2) is 48.5 Å². The van der Waals surface area contributed by atoms with Crippen LogP contribution in [-0.4, -0.2) is 26.1 Å².